The lowest BCUT2D eigenvalue weighted by atomic mass is 9.99. The average molecular weight is 297 g/mol. The Kier molecular flexibility index (Phi) is 6.98. The molecule has 1 fully saturated rings. The van der Waals surface area contributed by atoms with E-state index in [9.17, 15) is 0 Å². The number of rotatable bonds is 3. The molecule has 0 spiro atoms. The number of phenolic OH excluding ortho intramolecular Hbond substituents is 1. The van der Waals surface area contributed by atoms with E-state index in [1.165, 1.54) is 44.5 Å². The fourth-order valence-electron chi connectivity index (χ4n) is 2.65. The van der Waals surface area contributed by atoms with Gasteiger partial charge in [0.1, 0.15) is 5.75 Å². The Labute approximate surface area is 134 Å². The van der Waals surface area contributed by atoms with Crippen LogP contribution in [0.3, 0.4) is 0 Å². The maximum Gasteiger partial charge on any atom is 0.115 e. The van der Waals surface area contributed by atoms with Crippen molar-refractivity contribution in [1.82, 2.24) is 4.90 Å². The molecule has 2 aromatic rings. The normalized spacial score (nSPS) is 15.9. The van der Waals surface area contributed by atoms with Crippen LogP contribution in [0.15, 0.2) is 60.7 Å². The summed E-state index contributed by atoms with van der Waals surface area (Å²) in [6, 6.07) is 19.5. The lowest BCUT2D eigenvalue weighted by molar-refractivity contribution is 0.194. The van der Waals surface area contributed by atoms with Gasteiger partial charge in [0.05, 0.1) is 0 Å². The van der Waals surface area contributed by atoms with Gasteiger partial charge >= 0.3 is 0 Å². The first-order valence-corrected chi connectivity index (χ1v) is 8.24. The highest BCUT2D eigenvalue weighted by molar-refractivity contribution is 5.18. The van der Waals surface area contributed by atoms with Gasteiger partial charge in [-0.2, -0.15) is 0 Å². The molecule has 3 rings (SSSR count). The molecule has 0 saturated carbocycles. The van der Waals surface area contributed by atoms with Crippen LogP contribution in [0.4, 0.5) is 0 Å². The third-order valence-corrected chi connectivity index (χ3v) is 4.19. The van der Waals surface area contributed by atoms with Crippen molar-refractivity contribution in [3.05, 3.63) is 66.2 Å². The fourth-order valence-corrected chi connectivity index (χ4v) is 2.65. The van der Waals surface area contributed by atoms with Crippen molar-refractivity contribution in [3.63, 3.8) is 0 Å². The molecule has 22 heavy (non-hydrogen) atoms. The highest BCUT2D eigenvalue weighted by atomic mass is 16.3. The molecular weight excluding hydrogens is 270 g/mol. The van der Waals surface area contributed by atoms with Gasteiger partial charge in [-0.1, -0.05) is 55.5 Å². The molecule has 2 heteroatoms. The highest BCUT2D eigenvalue weighted by Crippen LogP contribution is 2.16. The molecule has 0 unspecified atom stereocenters. The van der Waals surface area contributed by atoms with Crippen LogP contribution in [0.25, 0.3) is 0 Å². The summed E-state index contributed by atoms with van der Waals surface area (Å²) in [5, 5.41) is 8.63. The van der Waals surface area contributed by atoms with Crippen LogP contribution in [0.2, 0.25) is 0 Å². The van der Waals surface area contributed by atoms with Gasteiger partial charge in [-0.15, -0.1) is 0 Å². The van der Waals surface area contributed by atoms with E-state index in [-0.39, 0.29) is 0 Å². The molecule has 1 N–H and O–H groups in total. The van der Waals surface area contributed by atoms with Crippen molar-refractivity contribution in [1.29, 1.82) is 0 Å². The second-order valence-electron chi connectivity index (χ2n) is 6.10. The standard InChI is InChI=1S/C14H21N.C6H6O/c1-13-7-10-15(11-8-13)12-9-14-5-3-2-4-6-14;7-6-4-2-1-3-5-6/h2-6,13H,7-12H2,1H3;1-5,7H. The first-order valence-electron chi connectivity index (χ1n) is 8.24. The van der Waals surface area contributed by atoms with Crippen molar-refractivity contribution < 1.29 is 5.11 Å². The largest absolute Gasteiger partial charge is 0.508 e. The molecule has 0 radical (unpaired) electrons. The van der Waals surface area contributed by atoms with E-state index >= 15 is 0 Å². The Hall–Kier alpha value is -1.80. The minimum absolute atomic E-state index is 0.322. The number of hydrogen-bond acceptors (Lipinski definition) is 2. The second kappa shape index (κ2) is 9.26. The smallest absolute Gasteiger partial charge is 0.115 e. The Bertz CT molecular complexity index is 504. The van der Waals surface area contributed by atoms with Crippen molar-refractivity contribution in [2.75, 3.05) is 19.6 Å². The molecule has 118 valence electrons. The predicted molar refractivity (Wildman–Crippen MR) is 93.1 cm³/mol. The summed E-state index contributed by atoms with van der Waals surface area (Å²) in [5.41, 5.74) is 1.47. The number of nitrogens with zero attached hydrogens (tertiary/aromatic N) is 1. The number of phenols is 1. The molecule has 0 amide bonds. The van der Waals surface area contributed by atoms with Crippen LogP contribution in [0, 0.1) is 5.92 Å². The van der Waals surface area contributed by atoms with Gasteiger partial charge in [-0.3, -0.25) is 0 Å². The molecule has 0 aromatic heterocycles. The zero-order chi connectivity index (χ0) is 15.6. The third-order valence-electron chi connectivity index (χ3n) is 4.19. The summed E-state index contributed by atoms with van der Waals surface area (Å²) in [5.74, 6) is 1.26. The van der Waals surface area contributed by atoms with E-state index in [0.29, 0.717) is 5.75 Å². The van der Waals surface area contributed by atoms with Crippen LogP contribution in [-0.2, 0) is 6.42 Å². The van der Waals surface area contributed by atoms with Crippen LogP contribution in [-0.4, -0.2) is 29.6 Å². The molecule has 1 aliphatic rings. The summed E-state index contributed by atoms with van der Waals surface area (Å²) in [7, 11) is 0. The topological polar surface area (TPSA) is 23.5 Å². The molecule has 1 saturated heterocycles. The van der Waals surface area contributed by atoms with Gasteiger partial charge in [0.25, 0.3) is 0 Å². The molecule has 2 aromatic carbocycles. The molecular formula is C20H27NO. The van der Waals surface area contributed by atoms with E-state index in [4.69, 9.17) is 5.11 Å². The monoisotopic (exact) mass is 297 g/mol. The zero-order valence-electron chi connectivity index (χ0n) is 13.5. The number of likely N-dealkylation sites (tertiary alicyclic amines) is 1. The molecule has 0 atom stereocenters. The van der Waals surface area contributed by atoms with E-state index in [1.807, 2.05) is 6.07 Å². The summed E-state index contributed by atoms with van der Waals surface area (Å²) in [6.07, 6.45) is 3.97. The maximum absolute atomic E-state index is 8.63. The van der Waals surface area contributed by atoms with Crippen LogP contribution in [0.5, 0.6) is 5.75 Å². The Balaban J connectivity index is 0.000000211. The van der Waals surface area contributed by atoms with Gasteiger partial charge in [0.2, 0.25) is 0 Å². The summed E-state index contributed by atoms with van der Waals surface area (Å²) < 4.78 is 0. The molecule has 2 nitrogen and oxygen atoms in total. The molecule has 0 bridgehead atoms. The van der Waals surface area contributed by atoms with Crippen LogP contribution in [0.1, 0.15) is 25.3 Å². The van der Waals surface area contributed by atoms with Gasteiger partial charge in [-0.05, 0) is 56.0 Å². The molecule has 1 heterocycles. The SMILES string of the molecule is CC1CCN(CCc2ccccc2)CC1.Oc1ccccc1. The molecule has 0 aliphatic carbocycles. The minimum Gasteiger partial charge on any atom is -0.508 e. The second-order valence-corrected chi connectivity index (χ2v) is 6.10. The van der Waals surface area contributed by atoms with Crippen LogP contribution >= 0.6 is 0 Å². The van der Waals surface area contributed by atoms with Gasteiger partial charge < -0.3 is 10.0 Å². The maximum atomic E-state index is 8.63. The highest BCUT2D eigenvalue weighted by Gasteiger charge is 2.14. The van der Waals surface area contributed by atoms with Crippen LogP contribution < -0.4 is 0 Å². The van der Waals surface area contributed by atoms with Crippen molar-refractivity contribution >= 4 is 0 Å². The summed E-state index contributed by atoms with van der Waals surface area (Å²) in [4.78, 5) is 2.60. The van der Waals surface area contributed by atoms with E-state index in [0.717, 1.165) is 5.92 Å². The van der Waals surface area contributed by atoms with Gasteiger partial charge in [0, 0.05) is 6.54 Å². The minimum atomic E-state index is 0.322. The number of benzene rings is 2. The van der Waals surface area contributed by atoms with Crippen molar-refractivity contribution in [3.8, 4) is 5.75 Å². The first kappa shape index (κ1) is 16.6. The average Bonchev–Trinajstić information content (AvgIpc) is 2.57. The zero-order valence-corrected chi connectivity index (χ0v) is 13.5. The summed E-state index contributed by atoms with van der Waals surface area (Å²) in [6.45, 7) is 6.20. The lowest BCUT2D eigenvalue weighted by Crippen LogP contribution is -2.34. The number of hydrogen-bond donors (Lipinski definition) is 1. The third kappa shape index (κ3) is 6.31. The van der Waals surface area contributed by atoms with E-state index in [2.05, 4.69) is 42.2 Å². The Morgan fingerprint density at radius 2 is 1.45 bits per heavy atom. The number of piperidine rings is 1. The number of para-hydroxylation sites is 1. The predicted octanol–water partition coefficient (Wildman–Crippen LogP) is 4.35. The van der Waals surface area contributed by atoms with Crippen molar-refractivity contribution in [2.24, 2.45) is 5.92 Å². The lowest BCUT2D eigenvalue weighted by Gasteiger charge is -2.30. The molecule has 1 aliphatic heterocycles. The Morgan fingerprint density at radius 1 is 0.909 bits per heavy atom. The fraction of sp³-hybridized carbons (Fsp3) is 0.400. The Morgan fingerprint density at radius 3 is 1.95 bits per heavy atom. The van der Waals surface area contributed by atoms with E-state index < -0.39 is 0 Å². The summed E-state index contributed by atoms with van der Waals surface area (Å²) >= 11 is 0. The number of aromatic hydroxyl groups is 1. The van der Waals surface area contributed by atoms with E-state index in [1.54, 1.807) is 24.3 Å². The van der Waals surface area contributed by atoms with Crippen molar-refractivity contribution in [2.45, 2.75) is 26.2 Å². The van der Waals surface area contributed by atoms with Gasteiger partial charge in [0.15, 0.2) is 0 Å². The first-order chi connectivity index (χ1) is 10.7. The van der Waals surface area contributed by atoms with Gasteiger partial charge in [-0.25, -0.2) is 0 Å². The quantitative estimate of drug-likeness (QED) is 0.910.